The molecular weight excluding hydrogens is 250 g/mol. The summed E-state index contributed by atoms with van der Waals surface area (Å²) in [5.41, 5.74) is 8.27. The molecule has 2 atom stereocenters. The van der Waals surface area contributed by atoms with E-state index in [-0.39, 0.29) is 11.5 Å². The van der Waals surface area contributed by atoms with Crippen LogP contribution in [0, 0.1) is 0 Å². The predicted octanol–water partition coefficient (Wildman–Crippen LogP) is 2.32. The normalized spacial score (nSPS) is 23.4. The molecule has 0 aromatic carbocycles. The summed E-state index contributed by atoms with van der Waals surface area (Å²) in [6.07, 6.45) is 7.07. The summed E-state index contributed by atoms with van der Waals surface area (Å²) < 4.78 is 1.90. The van der Waals surface area contributed by atoms with E-state index in [1.807, 2.05) is 10.7 Å². The van der Waals surface area contributed by atoms with Gasteiger partial charge in [-0.1, -0.05) is 20.8 Å². The highest BCUT2D eigenvalue weighted by atomic mass is 15.2. The number of rotatable bonds is 2. The summed E-state index contributed by atoms with van der Waals surface area (Å²) >= 11 is 0. The maximum Gasteiger partial charge on any atom is 0.152 e. The molecule has 3 N–H and O–H groups in total. The Kier molecular flexibility index (Phi) is 3.17. The van der Waals surface area contributed by atoms with Gasteiger partial charge in [0.2, 0.25) is 0 Å². The third-order valence-corrected chi connectivity index (χ3v) is 4.05. The highest BCUT2D eigenvalue weighted by molar-refractivity contribution is 5.68. The van der Waals surface area contributed by atoms with Gasteiger partial charge in [-0.25, -0.2) is 9.50 Å². The van der Waals surface area contributed by atoms with Crippen LogP contribution in [0.15, 0.2) is 18.5 Å². The topological polar surface area (TPSA) is 68.2 Å². The van der Waals surface area contributed by atoms with Crippen LogP contribution in [0.25, 0.3) is 5.52 Å². The van der Waals surface area contributed by atoms with Crippen LogP contribution >= 0.6 is 0 Å². The van der Waals surface area contributed by atoms with Crippen molar-refractivity contribution >= 4 is 11.3 Å². The third kappa shape index (κ3) is 2.38. The van der Waals surface area contributed by atoms with Crippen LogP contribution in [0.3, 0.4) is 0 Å². The van der Waals surface area contributed by atoms with Gasteiger partial charge in [-0.05, 0) is 25.3 Å². The Morgan fingerprint density at radius 2 is 2.15 bits per heavy atom. The number of hydrogen-bond donors (Lipinski definition) is 2. The van der Waals surface area contributed by atoms with E-state index in [4.69, 9.17) is 5.73 Å². The molecule has 0 spiro atoms. The van der Waals surface area contributed by atoms with Gasteiger partial charge in [0.1, 0.15) is 5.52 Å². The van der Waals surface area contributed by atoms with Crippen LogP contribution in [0.5, 0.6) is 0 Å². The van der Waals surface area contributed by atoms with Crippen molar-refractivity contribution in [2.75, 3.05) is 5.32 Å². The first-order chi connectivity index (χ1) is 9.45. The van der Waals surface area contributed by atoms with Crippen molar-refractivity contribution in [2.24, 2.45) is 5.73 Å². The van der Waals surface area contributed by atoms with E-state index in [0.29, 0.717) is 6.04 Å². The van der Waals surface area contributed by atoms with Crippen LogP contribution in [-0.2, 0) is 5.41 Å². The molecule has 1 aliphatic rings. The Balaban J connectivity index is 1.96. The average molecular weight is 273 g/mol. The first kappa shape index (κ1) is 13.4. The van der Waals surface area contributed by atoms with Crippen molar-refractivity contribution < 1.29 is 0 Å². The summed E-state index contributed by atoms with van der Waals surface area (Å²) in [4.78, 5) is 4.47. The second-order valence-corrected chi connectivity index (χ2v) is 6.73. The zero-order chi connectivity index (χ0) is 14.3. The molecule has 1 aliphatic carbocycles. The molecular formula is C15H23N5. The van der Waals surface area contributed by atoms with Gasteiger partial charge in [0.25, 0.3) is 0 Å². The molecule has 108 valence electrons. The molecule has 5 heteroatoms. The number of nitrogens with two attached hydrogens (primary N) is 1. The Labute approximate surface area is 119 Å². The summed E-state index contributed by atoms with van der Waals surface area (Å²) in [6, 6.07) is 2.67. The van der Waals surface area contributed by atoms with Gasteiger partial charge in [0.15, 0.2) is 5.82 Å². The monoisotopic (exact) mass is 273 g/mol. The molecule has 2 unspecified atom stereocenters. The van der Waals surface area contributed by atoms with Gasteiger partial charge < -0.3 is 11.1 Å². The maximum atomic E-state index is 6.13. The van der Waals surface area contributed by atoms with Crippen LogP contribution in [0.2, 0.25) is 0 Å². The molecule has 2 heterocycles. The second-order valence-electron chi connectivity index (χ2n) is 6.73. The highest BCUT2D eigenvalue weighted by Gasteiger charge is 2.25. The standard InChI is InChI=1S/C15H23N5/c1-15(2,3)13-9-12-14(17-7-8-20(12)19-13)18-11-6-4-5-10(11)16/h7-11H,4-6,16H2,1-3H3,(H,17,18). The maximum absolute atomic E-state index is 6.13. The molecule has 0 aliphatic heterocycles. The fourth-order valence-electron chi connectivity index (χ4n) is 2.74. The van der Waals surface area contributed by atoms with Gasteiger partial charge in [0.05, 0.1) is 5.69 Å². The number of nitrogens with zero attached hydrogens (tertiary/aromatic N) is 3. The van der Waals surface area contributed by atoms with E-state index in [0.717, 1.165) is 29.9 Å². The minimum absolute atomic E-state index is 0.0348. The first-order valence-electron chi connectivity index (χ1n) is 7.32. The van der Waals surface area contributed by atoms with Crippen molar-refractivity contribution in [1.82, 2.24) is 14.6 Å². The van der Waals surface area contributed by atoms with Crippen LogP contribution < -0.4 is 11.1 Å². The Morgan fingerprint density at radius 3 is 2.80 bits per heavy atom. The third-order valence-electron chi connectivity index (χ3n) is 4.05. The van der Waals surface area contributed by atoms with E-state index >= 15 is 0 Å². The minimum atomic E-state index is 0.0348. The molecule has 3 rings (SSSR count). The number of anilines is 1. The highest BCUT2D eigenvalue weighted by Crippen LogP contribution is 2.26. The molecule has 2 aromatic heterocycles. The fourth-order valence-corrected chi connectivity index (χ4v) is 2.74. The average Bonchev–Trinajstić information content (AvgIpc) is 2.96. The van der Waals surface area contributed by atoms with E-state index in [1.165, 1.54) is 6.42 Å². The van der Waals surface area contributed by atoms with Crippen molar-refractivity contribution in [2.45, 2.75) is 57.5 Å². The van der Waals surface area contributed by atoms with Crippen LogP contribution in [0.4, 0.5) is 5.82 Å². The lowest BCUT2D eigenvalue weighted by molar-refractivity contribution is 0.562. The minimum Gasteiger partial charge on any atom is -0.364 e. The molecule has 20 heavy (non-hydrogen) atoms. The Morgan fingerprint density at radius 1 is 1.35 bits per heavy atom. The largest absolute Gasteiger partial charge is 0.364 e. The first-order valence-corrected chi connectivity index (χ1v) is 7.32. The van der Waals surface area contributed by atoms with Crippen LogP contribution in [-0.4, -0.2) is 26.7 Å². The van der Waals surface area contributed by atoms with Crippen molar-refractivity contribution in [3.05, 3.63) is 24.2 Å². The molecule has 5 nitrogen and oxygen atoms in total. The van der Waals surface area contributed by atoms with Gasteiger partial charge in [-0.3, -0.25) is 0 Å². The van der Waals surface area contributed by atoms with E-state index in [9.17, 15) is 0 Å². The number of aromatic nitrogens is 3. The zero-order valence-corrected chi connectivity index (χ0v) is 12.4. The number of hydrogen-bond acceptors (Lipinski definition) is 4. The molecule has 2 aromatic rings. The summed E-state index contributed by atoms with van der Waals surface area (Å²) in [5.74, 6) is 0.887. The van der Waals surface area contributed by atoms with Gasteiger partial charge >= 0.3 is 0 Å². The zero-order valence-electron chi connectivity index (χ0n) is 12.4. The van der Waals surface area contributed by atoms with Gasteiger partial charge in [-0.15, -0.1) is 0 Å². The smallest absolute Gasteiger partial charge is 0.152 e. The van der Waals surface area contributed by atoms with Crippen molar-refractivity contribution in [3.63, 3.8) is 0 Å². The van der Waals surface area contributed by atoms with E-state index < -0.39 is 0 Å². The molecule has 0 amide bonds. The summed E-state index contributed by atoms with van der Waals surface area (Å²) in [6.45, 7) is 6.51. The van der Waals surface area contributed by atoms with Gasteiger partial charge in [0, 0.05) is 29.9 Å². The summed E-state index contributed by atoms with van der Waals surface area (Å²) in [5, 5.41) is 8.15. The SMILES string of the molecule is CC(C)(C)c1cc2c(NC3CCCC3N)nccn2n1. The predicted molar refractivity (Wildman–Crippen MR) is 80.9 cm³/mol. The van der Waals surface area contributed by atoms with E-state index in [2.05, 4.69) is 42.2 Å². The molecule has 0 saturated heterocycles. The second kappa shape index (κ2) is 4.74. The molecule has 1 saturated carbocycles. The van der Waals surface area contributed by atoms with Crippen molar-refractivity contribution in [3.8, 4) is 0 Å². The fraction of sp³-hybridized carbons (Fsp3) is 0.600. The Bertz CT molecular complexity index is 610. The number of nitrogens with one attached hydrogen (secondary N) is 1. The lowest BCUT2D eigenvalue weighted by Crippen LogP contribution is -2.35. The number of fused-ring (bicyclic) bond motifs is 1. The lowest BCUT2D eigenvalue weighted by Gasteiger charge is -2.18. The van der Waals surface area contributed by atoms with Gasteiger partial charge in [-0.2, -0.15) is 5.10 Å². The Hall–Kier alpha value is -1.62. The summed E-state index contributed by atoms with van der Waals surface area (Å²) in [7, 11) is 0. The van der Waals surface area contributed by atoms with E-state index in [1.54, 1.807) is 6.20 Å². The quantitative estimate of drug-likeness (QED) is 0.881. The van der Waals surface area contributed by atoms with Crippen molar-refractivity contribution in [1.29, 1.82) is 0 Å². The van der Waals surface area contributed by atoms with Crippen LogP contribution in [0.1, 0.15) is 45.7 Å². The molecule has 0 bridgehead atoms. The molecule has 0 radical (unpaired) electrons. The lowest BCUT2D eigenvalue weighted by atomic mass is 9.92. The molecule has 1 fully saturated rings.